The van der Waals surface area contributed by atoms with Gasteiger partial charge in [0.2, 0.25) is 5.91 Å². The molecule has 3 N–H and O–H groups in total. The smallest absolute Gasteiger partial charge is 0.239 e. The van der Waals surface area contributed by atoms with E-state index >= 15 is 0 Å². The lowest BCUT2D eigenvalue weighted by atomic mass is 10.2. The molecule has 0 radical (unpaired) electrons. The van der Waals surface area contributed by atoms with E-state index in [4.69, 9.17) is 5.73 Å². The van der Waals surface area contributed by atoms with E-state index in [1.807, 2.05) is 23.1 Å². The Morgan fingerprint density at radius 3 is 3.06 bits per heavy atom. The molecule has 0 bridgehead atoms. The van der Waals surface area contributed by atoms with Crippen LogP contribution in [0.15, 0.2) is 24.5 Å². The number of benzene rings is 1. The molecule has 0 spiro atoms. The monoisotopic (exact) mass is 243 g/mol. The molecule has 1 saturated heterocycles. The van der Waals surface area contributed by atoms with Crippen LogP contribution in [0.3, 0.4) is 0 Å². The van der Waals surface area contributed by atoms with E-state index in [1.165, 1.54) is 6.33 Å². The maximum Gasteiger partial charge on any atom is 0.239 e. The summed E-state index contributed by atoms with van der Waals surface area (Å²) in [5, 5.41) is 3.71. The van der Waals surface area contributed by atoms with Gasteiger partial charge in [-0.2, -0.15) is 0 Å². The van der Waals surface area contributed by atoms with Gasteiger partial charge in [-0.1, -0.05) is 0 Å². The molecule has 1 amide bonds. The number of nitrogen functional groups attached to an aromatic ring is 1. The number of carbonyl (C=O) groups is 1. The van der Waals surface area contributed by atoms with Crippen LogP contribution in [0.2, 0.25) is 0 Å². The lowest BCUT2D eigenvalue weighted by molar-refractivity contribution is -0.120. The van der Waals surface area contributed by atoms with Gasteiger partial charge in [0.05, 0.1) is 12.1 Å². The maximum absolute atomic E-state index is 11.4. The fourth-order valence-corrected chi connectivity index (χ4v) is 2.13. The van der Waals surface area contributed by atoms with Crippen LogP contribution < -0.4 is 16.0 Å². The Labute approximate surface area is 104 Å². The molecule has 0 aliphatic carbocycles. The Kier molecular flexibility index (Phi) is 2.47. The summed E-state index contributed by atoms with van der Waals surface area (Å²) in [7, 11) is 0. The first kappa shape index (κ1) is 10.8. The van der Waals surface area contributed by atoms with Crippen LogP contribution in [0.25, 0.3) is 10.9 Å². The van der Waals surface area contributed by atoms with Crippen molar-refractivity contribution in [2.75, 3.05) is 30.3 Å². The summed E-state index contributed by atoms with van der Waals surface area (Å²) in [5.41, 5.74) is 7.20. The zero-order chi connectivity index (χ0) is 12.5. The highest BCUT2D eigenvalue weighted by atomic mass is 16.2. The third-order valence-corrected chi connectivity index (χ3v) is 2.98. The van der Waals surface area contributed by atoms with Gasteiger partial charge in [-0.05, 0) is 18.2 Å². The molecule has 6 heteroatoms. The highest BCUT2D eigenvalue weighted by Crippen LogP contribution is 2.24. The van der Waals surface area contributed by atoms with Gasteiger partial charge in [0.1, 0.15) is 12.1 Å². The van der Waals surface area contributed by atoms with Crippen molar-refractivity contribution < 1.29 is 4.79 Å². The first-order valence-electron chi connectivity index (χ1n) is 5.76. The summed E-state index contributed by atoms with van der Waals surface area (Å²) in [6.07, 6.45) is 1.50. The van der Waals surface area contributed by atoms with Gasteiger partial charge in [0, 0.05) is 24.2 Å². The number of aromatic nitrogens is 2. The zero-order valence-corrected chi connectivity index (χ0v) is 9.76. The number of hydrogen-bond acceptors (Lipinski definition) is 5. The lowest BCUT2D eigenvalue weighted by Crippen LogP contribution is -2.48. The van der Waals surface area contributed by atoms with Gasteiger partial charge in [0.25, 0.3) is 0 Å². The van der Waals surface area contributed by atoms with Gasteiger partial charge in [-0.3, -0.25) is 4.79 Å². The van der Waals surface area contributed by atoms with Crippen LogP contribution in [0.5, 0.6) is 0 Å². The highest BCUT2D eigenvalue weighted by Gasteiger charge is 2.19. The molecule has 0 atom stereocenters. The van der Waals surface area contributed by atoms with Crippen LogP contribution in [-0.2, 0) is 4.79 Å². The first-order chi connectivity index (χ1) is 8.74. The minimum atomic E-state index is 0.0171. The summed E-state index contributed by atoms with van der Waals surface area (Å²) in [6.45, 7) is 1.72. The Bertz CT molecular complexity index is 612. The van der Waals surface area contributed by atoms with Crippen molar-refractivity contribution in [2.45, 2.75) is 0 Å². The maximum atomic E-state index is 11.4. The number of fused-ring (bicyclic) bond motifs is 1. The molecule has 18 heavy (non-hydrogen) atoms. The molecule has 1 fully saturated rings. The molecule has 6 nitrogen and oxygen atoms in total. The van der Waals surface area contributed by atoms with Crippen molar-refractivity contribution in [2.24, 2.45) is 0 Å². The van der Waals surface area contributed by atoms with Gasteiger partial charge in [-0.15, -0.1) is 0 Å². The summed E-state index contributed by atoms with van der Waals surface area (Å²) in [4.78, 5) is 21.9. The normalized spacial score (nSPS) is 15.8. The predicted molar refractivity (Wildman–Crippen MR) is 69.2 cm³/mol. The van der Waals surface area contributed by atoms with E-state index in [1.54, 1.807) is 0 Å². The summed E-state index contributed by atoms with van der Waals surface area (Å²) < 4.78 is 0. The first-order valence-corrected chi connectivity index (χ1v) is 5.76. The Balaban J connectivity index is 2.08. The second-order valence-electron chi connectivity index (χ2n) is 4.25. The van der Waals surface area contributed by atoms with Gasteiger partial charge in [-0.25, -0.2) is 9.97 Å². The number of amides is 1. The van der Waals surface area contributed by atoms with Crippen LogP contribution in [0, 0.1) is 0 Å². The van der Waals surface area contributed by atoms with Gasteiger partial charge in [0.15, 0.2) is 0 Å². The van der Waals surface area contributed by atoms with E-state index in [2.05, 4.69) is 15.3 Å². The van der Waals surface area contributed by atoms with Crippen LogP contribution in [0.1, 0.15) is 0 Å². The Morgan fingerprint density at radius 2 is 2.22 bits per heavy atom. The number of nitrogens with zero attached hydrogens (tertiary/aromatic N) is 3. The van der Waals surface area contributed by atoms with E-state index < -0.39 is 0 Å². The number of hydrogen-bond donors (Lipinski definition) is 2. The molecule has 0 saturated carbocycles. The average molecular weight is 243 g/mol. The third kappa shape index (κ3) is 1.81. The van der Waals surface area contributed by atoms with Crippen molar-refractivity contribution in [3.05, 3.63) is 24.5 Å². The van der Waals surface area contributed by atoms with Crippen molar-refractivity contribution in [3.8, 4) is 0 Å². The molecule has 1 aromatic heterocycles. The molecule has 1 aromatic carbocycles. The Hall–Kier alpha value is -2.37. The third-order valence-electron chi connectivity index (χ3n) is 2.98. The van der Waals surface area contributed by atoms with Crippen molar-refractivity contribution in [1.29, 1.82) is 0 Å². The molecule has 1 aliphatic rings. The molecule has 2 heterocycles. The zero-order valence-electron chi connectivity index (χ0n) is 9.76. The van der Waals surface area contributed by atoms with Crippen LogP contribution >= 0.6 is 0 Å². The van der Waals surface area contributed by atoms with E-state index in [0.29, 0.717) is 18.8 Å². The van der Waals surface area contributed by atoms with Crippen LogP contribution in [0.4, 0.5) is 11.5 Å². The molecule has 3 rings (SSSR count). The number of nitrogens with one attached hydrogen (secondary N) is 1. The Morgan fingerprint density at radius 1 is 1.33 bits per heavy atom. The topological polar surface area (TPSA) is 84.1 Å². The van der Waals surface area contributed by atoms with E-state index in [0.717, 1.165) is 23.3 Å². The minimum absolute atomic E-state index is 0.0171. The average Bonchev–Trinajstić information content (AvgIpc) is 2.37. The molecule has 92 valence electrons. The molecule has 1 aliphatic heterocycles. The molecule has 2 aromatic rings. The van der Waals surface area contributed by atoms with Crippen molar-refractivity contribution in [1.82, 2.24) is 15.3 Å². The molecular weight excluding hydrogens is 230 g/mol. The van der Waals surface area contributed by atoms with Crippen molar-refractivity contribution in [3.63, 3.8) is 0 Å². The fourth-order valence-electron chi connectivity index (χ4n) is 2.13. The number of nitrogens with two attached hydrogens (primary N) is 1. The SMILES string of the molecule is Nc1ccc2c(N3CCNC(=O)C3)ncnc2c1. The van der Waals surface area contributed by atoms with Gasteiger partial charge < -0.3 is 16.0 Å². The molecule has 0 unspecified atom stereocenters. The van der Waals surface area contributed by atoms with Crippen LogP contribution in [-0.4, -0.2) is 35.5 Å². The van der Waals surface area contributed by atoms with E-state index in [-0.39, 0.29) is 5.91 Å². The second-order valence-corrected chi connectivity index (χ2v) is 4.25. The van der Waals surface area contributed by atoms with Crippen molar-refractivity contribution >= 4 is 28.3 Å². The summed E-state index contributed by atoms with van der Waals surface area (Å²) in [6, 6.07) is 5.52. The number of piperazine rings is 1. The predicted octanol–water partition coefficient (Wildman–Crippen LogP) is 0.148. The summed E-state index contributed by atoms with van der Waals surface area (Å²) in [5.74, 6) is 0.804. The lowest BCUT2D eigenvalue weighted by Gasteiger charge is -2.28. The quantitative estimate of drug-likeness (QED) is 0.696. The fraction of sp³-hybridized carbons (Fsp3) is 0.250. The minimum Gasteiger partial charge on any atom is -0.399 e. The second kappa shape index (κ2) is 4.14. The largest absolute Gasteiger partial charge is 0.399 e. The summed E-state index contributed by atoms with van der Waals surface area (Å²) >= 11 is 0. The van der Waals surface area contributed by atoms with E-state index in [9.17, 15) is 4.79 Å². The highest BCUT2D eigenvalue weighted by molar-refractivity contribution is 5.93. The standard InChI is InChI=1S/C12H13N5O/c13-8-1-2-9-10(5-8)15-7-16-12(9)17-4-3-14-11(18)6-17/h1-2,5,7H,3-4,6,13H2,(H,14,18). The number of anilines is 2. The number of carbonyl (C=O) groups excluding carboxylic acids is 1. The molecular formula is C12H13N5O. The number of rotatable bonds is 1. The van der Waals surface area contributed by atoms with Gasteiger partial charge >= 0.3 is 0 Å².